The number of methoxy groups -OCH3 is 1. The highest BCUT2D eigenvalue weighted by atomic mass is 19.1. The van der Waals surface area contributed by atoms with E-state index in [2.05, 4.69) is 20.3 Å². The standard InChI is InChI=1S/C29H36FN5O6/c1-16-23(27(36)34-18-8-10-35(11-9-18)41-28(37)40-29(2,3)4)25-26(33-16)24(31-15-32-25)19-12-22(38-5)20(30)13-21(19)39-14-17-6-7-17/h12-13,15,17-18,33H,6-11,14H2,1-5H3,(H,34,36). The molecule has 12 heteroatoms. The molecule has 1 aliphatic carbocycles. The van der Waals surface area contributed by atoms with Crippen LogP contribution in [0.3, 0.4) is 0 Å². The largest absolute Gasteiger partial charge is 0.528 e. The number of hydroxylamine groups is 2. The summed E-state index contributed by atoms with van der Waals surface area (Å²) in [6.45, 7) is 8.52. The third kappa shape index (κ3) is 6.70. The number of amides is 1. The first kappa shape index (κ1) is 28.6. The molecule has 5 rings (SSSR count). The molecule has 0 unspecified atom stereocenters. The molecule has 1 amide bonds. The normalized spacial score (nSPS) is 16.4. The average molecular weight is 570 g/mol. The SMILES string of the molecule is COc1cc(-c2ncnc3c(C(=O)NC4CCN(OC(=O)OC(C)(C)C)CC4)c(C)[nH]c23)c(OCC2CC2)cc1F. The topological polar surface area (TPSA) is 128 Å². The number of aryl methyl sites for hydroxylation is 1. The summed E-state index contributed by atoms with van der Waals surface area (Å²) < 4.78 is 31.0. The molecule has 2 N–H and O–H groups in total. The van der Waals surface area contributed by atoms with Crippen molar-refractivity contribution in [3.05, 3.63) is 35.5 Å². The third-order valence-corrected chi connectivity index (χ3v) is 7.06. The van der Waals surface area contributed by atoms with Gasteiger partial charge in [0.2, 0.25) is 0 Å². The predicted octanol–water partition coefficient (Wildman–Crippen LogP) is 4.93. The lowest BCUT2D eigenvalue weighted by atomic mass is 10.0. The Kier molecular flexibility index (Phi) is 8.03. The average Bonchev–Trinajstić information content (AvgIpc) is 3.67. The second kappa shape index (κ2) is 11.5. The molecule has 2 aromatic heterocycles. The molecular weight excluding hydrogens is 533 g/mol. The molecule has 3 aromatic rings. The summed E-state index contributed by atoms with van der Waals surface area (Å²) in [6, 6.07) is 2.75. The van der Waals surface area contributed by atoms with Crippen LogP contribution in [0, 0.1) is 18.7 Å². The molecule has 0 bridgehead atoms. The van der Waals surface area contributed by atoms with Crippen LogP contribution in [-0.4, -0.2) is 70.5 Å². The maximum atomic E-state index is 14.6. The van der Waals surface area contributed by atoms with Crippen LogP contribution in [0.15, 0.2) is 18.5 Å². The van der Waals surface area contributed by atoms with E-state index in [0.29, 0.717) is 77.8 Å². The summed E-state index contributed by atoms with van der Waals surface area (Å²) in [4.78, 5) is 42.9. The fraction of sp³-hybridized carbons (Fsp3) is 0.517. The van der Waals surface area contributed by atoms with Crippen LogP contribution >= 0.6 is 0 Å². The molecule has 3 heterocycles. The summed E-state index contributed by atoms with van der Waals surface area (Å²) in [5.74, 6) is 0.0872. The number of carbonyl (C=O) groups excluding carboxylic acids is 2. The molecule has 220 valence electrons. The molecule has 1 aliphatic heterocycles. The Morgan fingerprint density at radius 2 is 1.85 bits per heavy atom. The highest BCUT2D eigenvalue weighted by molar-refractivity contribution is 6.09. The second-order valence-electron chi connectivity index (χ2n) is 11.5. The number of carbonyl (C=O) groups is 2. The van der Waals surface area contributed by atoms with Crippen molar-refractivity contribution in [3.8, 4) is 22.8 Å². The molecule has 41 heavy (non-hydrogen) atoms. The fourth-order valence-corrected chi connectivity index (χ4v) is 4.81. The molecule has 0 spiro atoms. The summed E-state index contributed by atoms with van der Waals surface area (Å²) in [5.41, 5.74) is 2.41. The van der Waals surface area contributed by atoms with Crippen molar-refractivity contribution in [3.63, 3.8) is 0 Å². The first-order chi connectivity index (χ1) is 19.5. The number of aromatic nitrogens is 3. The van der Waals surface area contributed by atoms with E-state index in [1.54, 1.807) is 38.8 Å². The van der Waals surface area contributed by atoms with Gasteiger partial charge in [-0.3, -0.25) is 4.79 Å². The Morgan fingerprint density at radius 1 is 1.12 bits per heavy atom. The van der Waals surface area contributed by atoms with E-state index in [-0.39, 0.29) is 17.7 Å². The monoisotopic (exact) mass is 569 g/mol. The molecule has 1 saturated carbocycles. The number of nitrogens with one attached hydrogen (secondary N) is 2. The van der Waals surface area contributed by atoms with Crippen LogP contribution < -0.4 is 14.8 Å². The molecule has 2 aliphatic rings. The molecule has 1 saturated heterocycles. The van der Waals surface area contributed by atoms with E-state index in [0.717, 1.165) is 12.8 Å². The van der Waals surface area contributed by atoms with Gasteiger partial charge in [-0.15, -0.1) is 5.06 Å². The van der Waals surface area contributed by atoms with Crippen molar-refractivity contribution in [2.75, 3.05) is 26.8 Å². The molecule has 2 fully saturated rings. The maximum absolute atomic E-state index is 14.6. The molecule has 0 radical (unpaired) electrons. The Bertz CT molecular complexity index is 1440. The van der Waals surface area contributed by atoms with Crippen molar-refractivity contribution in [1.82, 2.24) is 25.3 Å². The van der Waals surface area contributed by atoms with E-state index in [1.807, 2.05) is 0 Å². The van der Waals surface area contributed by atoms with E-state index >= 15 is 0 Å². The van der Waals surface area contributed by atoms with Gasteiger partial charge in [-0.2, -0.15) is 0 Å². The lowest BCUT2D eigenvalue weighted by molar-refractivity contribution is -0.152. The summed E-state index contributed by atoms with van der Waals surface area (Å²) >= 11 is 0. The van der Waals surface area contributed by atoms with Crippen LogP contribution in [0.2, 0.25) is 0 Å². The van der Waals surface area contributed by atoms with Gasteiger partial charge in [0.25, 0.3) is 5.91 Å². The molecule has 11 nitrogen and oxygen atoms in total. The van der Waals surface area contributed by atoms with Gasteiger partial charge in [-0.1, -0.05) is 0 Å². The zero-order chi connectivity index (χ0) is 29.3. The number of rotatable bonds is 8. The number of hydrogen-bond acceptors (Lipinski definition) is 9. The predicted molar refractivity (Wildman–Crippen MR) is 148 cm³/mol. The van der Waals surface area contributed by atoms with E-state index < -0.39 is 17.6 Å². The van der Waals surface area contributed by atoms with E-state index in [9.17, 15) is 14.0 Å². The maximum Gasteiger partial charge on any atom is 0.528 e. The minimum absolute atomic E-state index is 0.0637. The summed E-state index contributed by atoms with van der Waals surface area (Å²) in [6.07, 6.45) is 4.01. The minimum atomic E-state index is -0.746. The van der Waals surface area contributed by atoms with Crippen molar-refractivity contribution in [1.29, 1.82) is 0 Å². The zero-order valence-corrected chi connectivity index (χ0v) is 24.0. The van der Waals surface area contributed by atoms with Crippen LogP contribution in [-0.2, 0) is 9.57 Å². The van der Waals surface area contributed by atoms with Crippen LogP contribution in [0.4, 0.5) is 9.18 Å². The van der Waals surface area contributed by atoms with Gasteiger partial charge in [0.15, 0.2) is 11.6 Å². The number of hydrogen-bond donors (Lipinski definition) is 2. The summed E-state index contributed by atoms with van der Waals surface area (Å²) in [5, 5.41) is 4.64. The summed E-state index contributed by atoms with van der Waals surface area (Å²) in [7, 11) is 1.40. The van der Waals surface area contributed by atoms with Crippen molar-refractivity contribution in [2.45, 2.75) is 65.0 Å². The highest BCUT2D eigenvalue weighted by Gasteiger charge is 2.29. The number of ether oxygens (including phenoxy) is 3. The number of aromatic amines is 1. The van der Waals surface area contributed by atoms with Gasteiger partial charge in [-0.05, 0) is 65.4 Å². The van der Waals surface area contributed by atoms with Gasteiger partial charge in [0.05, 0.1) is 24.8 Å². The zero-order valence-electron chi connectivity index (χ0n) is 24.0. The van der Waals surface area contributed by atoms with Crippen molar-refractivity contribution < 1.29 is 33.0 Å². The number of fused-ring (bicyclic) bond motifs is 1. The lowest BCUT2D eigenvalue weighted by Gasteiger charge is -2.31. The first-order valence-electron chi connectivity index (χ1n) is 13.8. The Hall–Kier alpha value is -3.93. The minimum Gasteiger partial charge on any atom is -0.494 e. The second-order valence-corrected chi connectivity index (χ2v) is 11.5. The van der Waals surface area contributed by atoms with Gasteiger partial charge in [0, 0.05) is 36.5 Å². The van der Waals surface area contributed by atoms with E-state index in [1.165, 1.54) is 19.5 Å². The fourth-order valence-electron chi connectivity index (χ4n) is 4.81. The lowest BCUT2D eigenvalue weighted by Crippen LogP contribution is -2.45. The van der Waals surface area contributed by atoms with Crippen molar-refractivity contribution >= 4 is 23.1 Å². The highest BCUT2D eigenvalue weighted by Crippen LogP contribution is 2.39. The van der Waals surface area contributed by atoms with Gasteiger partial charge >= 0.3 is 6.16 Å². The number of H-pyrrole nitrogens is 1. The van der Waals surface area contributed by atoms with Gasteiger partial charge < -0.3 is 29.3 Å². The Balaban J connectivity index is 1.33. The van der Waals surface area contributed by atoms with Gasteiger partial charge in [-0.25, -0.2) is 19.2 Å². The number of halogens is 1. The van der Waals surface area contributed by atoms with Crippen LogP contribution in [0.5, 0.6) is 11.5 Å². The number of nitrogens with zero attached hydrogens (tertiary/aromatic N) is 3. The first-order valence-corrected chi connectivity index (χ1v) is 13.8. The number of benzene rings is 1. The Morgan fingerprint density at radius 3 is 2.51 bits per heavy atom. The van der Waals surface area contributed by atoms with E-state index in [4.69, 9.17) is 19.0 Å². The Labute approximate surface area is 237 Å². The smallest absolute Gasteiger partial charge is 0.494 e. The van der Waals surface area contributed by atoms with Crippen LogP contribution in [0.1, 0.15) is 62.5 Å². The molecular formula is C29H36FN5O6. The van der Waals surface area contributed by atoms with Gasteiger partial charge in [0.1, 0.15) is 28.9 Å². The quantitative estimate of drug-likeness (QED) is 0.363. The molecule has 0 atom stereocenters. The number of piperidine rings is 1. The van der Waals surface area contributed by atoms with Crippen LogP contribution in [0.25, 0.3) is 22.3 Å². The molecule has 1 aromatic carbocycles. The van der Waals surface area contributed by atoms with Crippen molar-refractivity contribution in [2.24, 2.45) is 5.92 Å². The third-order valence-electron chi connectivity index (χ3n) is 7.06.